The number of amides is 1. The molecule has 1 N–H and O–H groups in total. The quantitative estimate of drug-likeness (QED) is 0.525. The minimum absolute atomic E-state index is 0.181. The van der Waals surface area contributed by atoms with Crippen molar-refractivity contribution in [1.29, 1.82) is 0 Å². The average Bonchev–Trinajstić information content (AvgIpc) is 2.94. The first-order valence-corrected chi connectivity index (χ1v) is 9.94. The van der Waals surface area contributed by atoms with E-state index >= 15 is 0 Å². The third-order valence-corrected chi connectivity index (χ3v) is 4.54. The van der Waals surface area contributed by atoms with Crippen LogP contribution in [0.4, 0.5) is 0 Å². The fourth-order valence-electron chi connectivity index (χ4n) is 3.06. The van der Waals surface area contributed by atoms with Crippen LogP contribution in [-0.2, 0) is 14.3 Å². The lowest BCUT2D eigenvalue weighted by Crippen LogP contribution is -2.42. The second kappa shape index (κ2) is 11.5. The van der Waals surface area contributed by atoms with Gasteiger partial charge in [-0.3, -0.25) is 4.79 Å². The Morgan fingerprint density at radius 3 is 2.33 bits per heavy atom. The zero-order chi connectivity index (χ0) is 19.5. The van der Waals surface area contributed by atoms with Crippen LogP contribution in [-0.4, -0.2) is 37.2 Å². The maximum Gasteiger partial charge on any atom is 0.344 e. The molecule has 1 aromatic rings. The third kappa shape index (κ3) is 7.49. The number of carbonyl (C=O) groups is 2. The van der Waals surface area contributed by atoms with Crippen molar-refractivity contribution in [2.45, 2.75) is 70.9 Å². The molecule has 1 amide bonds. The molecule has 1 atom stereocenters. The average molecular weight is 377 g/mol. The van der Waals surface area contributed by atoms with Crippen molar-refractivity contribution in [3.05, 3.63) is 24.3 Å². The zero-order valence-electron chi connectivity index (χ0n) is 16.4. The van der Waals surface area contributed by atoms with E-state index in [1.165, 1.54) is 12.8 Å². The lowest BCUT2D eigenvalue weighted by Gasteiger charge is -2.19. The van der Waals surface area contributed by atoms with E-state index in [1.807, 2.05) is 19.1 Å². The Kier molecular flexibility index (Phi) is 8.95. The van der Waals surface area contributed by atoms with Crippen LogP contribution >= 0.6 is 0 Å². The summed E-state index contributed by atoms with van der Waals surface area (Å²) in [6.07, 6.45) is 6.72. The van der Waals surface area contributed by atoms with Crippen LogP contribution in [0, 0.1) is 0 Å². The summed E-state index contributed by atoms with van der Waals surface area (Å²) in [5.74, 6) is 0.246. The number of hydrogen-bond donors (Lipinski definition) is 1. The molecular weight excluding hydrogens is 346 g/mol. The third-order valence-electron chi connectivity index (χ3n) is 4.54. The summed E-state index contributed by atoms with van der Waals surface area (Å²) in [5, 5.41) is 2.99. The van der Waals surface area contributed by atoms with E-state index in [-0.39, 0.29) is 18.6 Å². The van der Waals surface area contributed by atoms with Gasteiger partial charge in [-0.2, -0.15) is 0 Å². The fraction of sp³-hybridized carbons (Fsp3) is 0.619. The normalized spacial score (nSPS) is 16.1. The Bertz CT molecular complexity index is 596. The van der Waals surface area contributed by atoms with Crippen molar-refractivity contribution < 1.29 is 23.8 Å². The van der Waals surface area contributed by atoms with Gasteiger partial charge in [0.15, 0.2) is 24.2 Å². The van der Waals surface area contributed by atoms with Gasteiger partial charge in [0.1, 0.15) is 0 Å². The zero-order valence-corrected chi connectivity index (χ0v) is 16.4. The Balaban J connectivity index is 1.76. The first-order valence-electron chi connectivity index (χ1n) is 9.94. The van der Waals surface area contributed by atoms with Gasteiger partial charge in [-0.25, -0.2) is 4.79 Å². The Morgan fingerprint density at radius 1 is 1.07 bits per heavy atom. The molecule has 0 aliphatic heterocycles. The SMILES string of the molecule is CCCOc1ccccc1OCC(=O)O[C@@H](C)C(=O)NC1CCCCCC1. The molecule has 2 rings (SSSR count). The van der Waals surface area contributed by atoms with Crippen molar-refractivity contribution >= 4 is 11.9 Å². The maximum absolute atomic E-state index is 12.3. The smallest absolute Gasteiger partial charge is 0.344 e. The molecule has 0 radical (unpaired) electrons. The highest BCUT2D eigenvalue weighted by molar-refractivity contribution is 5.83. The highest BCUT2D eigenvalue weighted by Gasteiger charge is 2.22. The molecule has 1 aliphatic rings. The molecule has 0 heterocycles. The summed E-state index contributed by atoms with van der Waals surface area (Å²) >= 11 is 0. The molecule has 6 heteroatoms. The number of hydrogen-bond acceptors (Lipinski definition) is 5. The summed E-state index contributed by atoms with van der Waals surface area (Å²) in [7, 11) is 0. The van der Waals surface area contributed by atoms with Crippen molar-refractivity contribution in [2.75, 3.05) is 13.2 Å². The Labute approximate surface area is 161 Å². The monoisotopic (exact) mass is 377 g/mol. The molecule has 0 spiro atoms. The molecule has 1 aliphatic carbocycles. The Morgan fingerprint density at radius 2 is 1.70 bits per heavy atom. The van der Waals surface area contributed by atoms with E-state index in [0.717, 1.165) is 32.1 Å². The Hall–Kier alpha value is -2.24. The highest BCUT2D eigenvalue weighted by atomic mass is 16.6. The fourth-order valence-corrected chi connectivity index (χ4v) is 3.06. The lowest BCUT2D eigenvalue weighted by molar-refractivity contribution is -0.156. The van der Waals surface area contributed by atoms with Gasteiger partial charge in [0.05, 0.1) is 6.61 Å². The summed E-state index contributed by atoms with van der Waals surface area (Å²) in [5.41, 5.74) is 0. The minimum atomic E-state index is -0.837. The van der Waals surface area contributed by atoms with Gasteiger partial charge >= 0.3 is 5.97 Å². The van der Waals surface area contributed by atoms with Gasteiger partial charge in [-0.15, -0.1) is 0 Å². The van der Waals surface area contributed by atoms with Crippen LogP contribution in [0.15, 0.2) is 24.3 Å². The van der Waals surface area contributed by atoms with Gasteiger partial charge in [0.2, 0.25) is 0 Å². The highest BCUT2D eigenvalue weighted by Crippen LogP contribution is 2.26. The van der Waals surface area contributed by atoms with Crippen LogP contribution in [0.3, 0.4) is 0 Å². The van der Waals surface area contributed by atoms with E-state index in [9.17, 15) is 9.59 Å². The van der Waals surface area contributed by atoms with Crippen LogP contribution in [0.2, 0.25) is 0 Å². The topological polar surface area (TPSA) is 73.9 Å². The summed E-state index contributed by atoms with van der Waals surface area (Å²) in [6.45, 7) is 3.90. The molecule has 0 saturated heterocycles. The molecule has 27 heavy (non-hydrogen) atoms. The molecule has 1 fully saturated rings. The second-order valence-electron chi connectivity index (χ2n) is 6.91. The van der Waals surface area contributed by atoms with Crippen molar-refractivity contribution in [2.24, 2.45) is 0 Å². The van der Waals surface area contributed by atoms with E-state index in [4.69, 9.17) is 14.2 Å². The molecule has 1 saturated carbocycles. The molecule has 0 aromatic heterocycles. The predicted octanol–water partition coefficient (Wildman–Crippen LogP) is 3.62. The number of nitrogens with one attached hydrogen (secondary N) is 1. The van der Waals surface area contributed by atoms with Gasteiger partial charge < -0.3 is 19.5 Å². The largest absolute Gasteiger partial charge is 0.490 e. The number of carbonyl (C=O) groups excluding carboxylic acids is 2. The number of ether oxygens (including phenoxy) is 3. The van der Waals surface area contributed by atoms with Crippen molar-refractivity contribution in [1.82, 2.24) is 5.32 Å². The maximum atomic E-state index is 12.3. The van der Waals surface area contributed by atoms with Crippen LogP contribution in [0.5, 0.6) is 11.5 Å². The molecule has 6 nitrogen and oxygen atoms in total. The van der Waals surface area contributed by atoms with E-state index in [2.05, 4.69) is 5.32 Å². The minimum Gasteiger partial charge on any atom is -0.490 e. The van der Waals surface area contributed by atoms with Crippen molar-refractivity contribution in [3.8, 4) is 11.5 Å². The first kappa shape index (κ1) is 21.1. The van der Waals surface area contributed by atoms with Crippen LogP contribution < -0.4 is 14.8 Å². The standard InChI is InChI=1S/C21H31NO5/c1-3-14-25-18-12-8-9-13-19(18)26-15-20(23)27-16(2)21(24)22-17-10-6-4-5-7-11-17/h8-9,12-13,16-17H,3-7,10-11,14-15H2,1-2H3,(H,22,24)/t16-/m0/s1. The first-order chi connectivity index (χ1) is 13.1. The number of esters is 1. The van der Waals surface area contributed by atoms with E-state index in [1.54, 1.807) is 19.1 Å². The van der Waals surface area contributed by atoms with Gasteiger partial charge in [-0.05, 0) is 38.3 Å². The van der Waals surface area contributed by atoms with Gasteiger partial charge in [0.25, 0.3) is 5.91 Å². The molecule has 150 valence electrons. The summed E-state index contributed by atoms with van der Waals surface area (Å²) in [4.78, 5) is 24.3. The van der Waals surface area contributed by atoms with Crippen LogP contribution in [0.1, 0.15) is 58.8 Å². The molecule has 0 bridgehead atoms. The summed E-state index contributed by atoms with van der Waals surface area (Å²) in [6, 6.07) is 7.36. The van der Waals surface area contributed by atoms with Crippen LogP contribution in [0.25, 0.3) is 0 Å². The second-order valence-corrected chi connectivity index (χ2v) is 6.91. The predicted molar refractivity (Wildman–Crippen MR) is 103 cm³/mol. The van der Waals surface area contributed by atoms with Crippen molar-refractivity contribution in [3.63, 3.8) is 0 Å². The lowest BCUT2D eigenvalue weighted by atomic mass is 10.1. The molecule has 0 unspecified atom stereocenters. The number of rotatable bonds is 9. The summed E-state index contributed by atoms with van der Waals surface area (Å²) < 4.78 is 16.3. The number of benzene rings is 1. The van der Waals surface area contributed by atoms with E-state index < -0.39 is 12.1 Å². The van der Waals surface area contributed by atoms with E-state index in [0.29, 0.717) is 18.1 Å². The van der Waals surface area contributed by atoms with Gasteiger partial charge in [0, 0.05) is 6.04 Å². The number of para-hydroxylation sites is 2. The molecular formula is C21H31NO5. The van der Waals surface area contributed by atoms with Gasteiger partial charge in [-0.1, -0.05) is 44.7 Å². The molecule has 1 aromatic carbocycles.